The fraction of sp³-hybridized carbons (Fsp3) is 0.438. The average Bonchev–Trinajstić information content (AvgIpc) is 3.11. The van der Waals surface area contributed by atoms with E-state index in [0.717, 1.165) is 18.8 Å². The van der Waals surface area contributed by atoms with Crippen molar-refractivity contribution in [2.45, 2.75) is 25.7 Å². The Kier molecular flexibility index (Phi) is 4.34. The van der Waals surface area contributed by atoms with Gasteiger partial charge in [-0.1, -0.05) is 12.1 Å². The Bertz CT molecular complexity index is 571. The fourth-order valence-corrected chi connectivity index (χ4v) is 2.82. The fourth-order valence-electron chi connectivity index (χ4n) is 2.82. The van der Waals surface area contributed by atoms with Crippen LogP contribution in [0.3, 0.4) is 0 Å². The van der Waals surface area contributed by atoms with Crippen molar-refractivity contribution >= 4 is 0 Å². The zero-order chi connectivity index (χ0) is 14.7. The molecule has 1 aromatic heterocycles. The van der Waals surface area contributed by atoms with Crippen LogP contribution in [0.4, 0.5) is 0 Å². The molecule has 0 bridgehead atoms. The highest BCUT2D eigenvalue weighted by molar-refractivity contribution is 5.35. The van der Waals surface area contributed by atoms with E-state index in [2.05, 4.69) is 22.1 Å². The van der Waals surface area contributed by atoms with Gasteiger partial charge in [-0.05, 0) is 30.7 Å². The summed E-state index contributed by atoms with van der Waals surface area (Å²) in [6, 6.07) is 10.2. The van der Waals surface area contributed by atoms with Gasteiger partial charge in [0.05, 0.1) is 17.9 Å². The molecule has 2 heterocycles. The molecule has 1 aliphatic heterocycles. The van der Waals surface area contributed by atoms with Crippen LogP contribution in [0.1, 0.15) is 12.5 Å². The third kappa shape index (κ3) is 3.32. The van der Waals surface area contributed by atoms with E-state index in [1.807, 2.05) is 36.0 Å². The van der Waals surface area contributed by atoms with Crippen molar-refractivity contribution in [3.05, 3.63) is 48.3 Å². The lowest BCUT2D eigenvalue weighted by Gasteiger charge is -2.16. The van der Waals surface area contributed by atoms with Crippen molar-refractivity contribution in [1.82, 2.24) is 14.7 Å². The van der Waals surface area contributed by atoms with Crippen molar-refractivity contribution < 1.29 is 9.84 Å². The zero-order valence-electron chi connectivity index (χ0n) is 12.2. The van der Waals surface area contributed by atoms with Gasteiger partial charge >= 0.3 is 0 Å². The number of aliphatic hydroxyl groups is 1. The molecule has 0 aliphatic carbocycles. The van der Waals surface area contributed by atoms with E-state index in [9.17, 15) is 5.11 Å². The number of ether oxygens (including phenoxy) is 1. The molecular formula is C16H21N3O2. The third-order valence-corrected chi connectivity index (χ3v) is 3.78. The number of β-amino-alcohol motifs (C(OH)–C–C–N with tert-alkyl or cyclic N) is 1. The molecule has 0 spiro atoms. The summed E-state index contributed by atoms with van der Waals surface area (Å²) in [6.45, 7) is 4.86. The minimum atomic E-state index is -0.390. The van der Waals surface area contributed by atoms with Gasteiger partial charge in [0, 0.05) is 38.6 Å². The van der Waals surface area contributed by atoms with Gasteiger partial charge < -0.3 is 9.84 Å². The molecule has 2 atom stereocenters. The Morgan fingerprint density at radius 3 is 3.00 bits per heavy atom. The van der Waals surface area contributed by atoms with Gasteiger partial charge in [-0.15, -0.1) is 0 Å². The SMILES string of the molecule is CCO[C@@H]1CN(Cc2cccc(-n3cccn3)c2)C[C@H]1O. The first kappa shape index (κ1) is 14.3. The second-order valence-electron chi connectivity index (χ2n) is 5.38. The van der Waals surface area contributed by atoms with Gasteiger partial charge in [0.2, 0.25) is 0 Å². The molecule has 3 rings (SSSR count). The number of aliphatic hydroxyl groups excluding tert-OH is 1. The largest absolute Gasteiger partial charge is 0.389 e. The molecule has 5 nitrogen and oxygen atoms in total. The molecule has 5 heteroatoms. The standard InChI is InChI=1S/C16H21N3O2/c1-2-21-16-12-18(11-15(16)20)10-13-5-3-6-14(9-13)19-8-4-7-17-19/h3-9,15-16,20H,2,10-12H2,1H3/t15-,16-/m1/s1. The van der Waals surface area contributed by atoms with Crippen molar-refractivity contribution in [2.24, 2.45) is 0 Å². The number of benzene rings is 1. The minimum absolute atomic E-state index is 0.0655. The lowest BCUT2D eigenvalue weighted by Crippen LogP contribution is -2.26. The number of hydrogen-bond donors (Lipinski definition) is 1. The van der Waals surface area contributed by atoms with E-state index in [1.54, 1.807) is 6.20 Å². The van der Waals surface area contributed by atoms with Crippen LogP contribution < -0.4 is 0 Å². The van der Waals surface area contributed by atoms with Gasteiger partial charge in [-0.2, -0.15) is 5.10 Å². The molecule has 0 unspecified atom stereocenters. The van der Waals surface area contributed by atoms with Gasteiger partial charge in [0.15, 0.2) is 0 Å². The normalized spacial score (nSPS) is 22.8. The van der Waals surface area contributed by atoms with E-state index in [4.69, 9.17) is 4.74 Å². The van der Waals surface area contributed by atoms with E-state index < -0.39 is 0 Å². The van der Waals surface area contributed by atoms with Crippen LogP contribution in [-0.4, -0.2) is 51.7 Å². The van der Waals surface area contributed by atoms with Crippen LogP contribution in [0.25, 0.3) is 5.69 Å². The number of hydrogen-bond acceptors (Lipinski definition) is 4. The summed E-state index contributed by atoms with van der Waals surface area (Å²) in [5.74, 6) is 0. The molecule has 1 aliphatic rings. The first-order valence-electron chi connectivity index (χ1n) is 7.37. The molecule has 0 amide bonds. The predicted octanol–water partition coefficient (Wildman–Crippen LogP) is 1.45. The van der Waals surface area contributed by atoms with Crippen LogP contribution in [0.2, 0.25) is 0 Å². The molecule has 2 aromatic rings. The van der Waals surface area contributed by atoms with Crippen LogP contribution in [-0.2, 0) is 11.3 Å². The van der Waals surface area contributed by atoms with Crippen LogP contribution in [0.5, 0.6) is 0 Å². The smallest absolute Gasteiger partial charge is 0.0972 e. The summed E-state index contributed by atoms with van der Waals surface area (Å²) in [5, 5.41) is 14.2. The Labute approximate surface area is 124 Å². The highest BCUT2D eigenvalue weighted by atomic mass is 16.5. The number of likely N-dealkylation sites (tertiary alicyclic amines) is 1. The van der Waals surface area contributed by atoms with Crippen molar-refractivity contribution in [3.63, 3.8) is 0 Å². The number of nitrogens with zero attached hydrogens (tertiary/aromatic N) is 3. The molecule has 112 valence electrons. The Balaban J connectivity index is 1.67. The van der Waals surface area contributed by atoms with Crippen molar-refractivity contribution in [1.29, 1.82) is 0 Å². The van der Waals surface area contributed by atoms with Crippen LogP contribution >= 0.6 is 0 Å². The second kappa shape index (κ2) is 6.39. The Morgan fingerprint density at radius 1 is 1.33 bits per heavy atom. The zero-order valence-corrected chi connectivity index (χ0v) is 12.2. The highest BCUT2D eigenvalue weighted by Gasteiger charge is 2.31. The van der Waals surface area contributed by atoms with Crippen LogP contribution in [0, 0.1) is 0 Å². The maximum absolute atomic E-state index is 9.99. The van der Waals surface area contributed by atoms with E-state index in [-0.39, 0.29) is 12.2 Å². The van der Waals surface area contributed by atoms with Gasteiger partial charge in [-0.25, -0.2) is 4.68 Å². The third-order valence-electron chi connectivity index (χ3n) is 3.78. The molecule has 1 aromatic carbocycles. The van der Waals surface area contributed by atoms with E-state index in [0.29, 0.717) is 13.2 Å². The molecular weight excluding hydrogens is 266 g/mol. The number of rotatable bonds is 5. The maximum atomic E-state index is 9.99. The monoisotopic (exact) mass is 287 g/mol. The summed E-state index contributed by atoms with van der Waals surface area (Å²) in [5.41, 5.74) is 2.27. The lowest BCUT2D eigenvalue weighted by molar-refractivity contribution is -0.00245. The lowest BCUT2D eigenvalue weighted by atomic mass is 10.2. The molecule has 21 heavy (non-hydrogen) atoms. The molecule has 1 saturated heterocycles. The maximum Gasteiger partial charge on any atom is 0.0972 e. The summed E-state index contributed by atoms with van der Waals surface area (Å²) < 4.78 is 7.41. The van der Waals surface area contributed by atoms with Crippen LogP contribution in [0.15, 0.2) is 42.7 Å². The quantitative estimate of drug-likeness (QED) is 0.904. The molecule has 0 saturated carbocycles. The van der Waals surface area contributed by atoms with Gasteiger partial charge in [-0.3, -0.25) is 4.90 Å². The Morgan fingerprint density at radius 2 is 2.24 bits per heavy atom. The first-order valence-corrected chi connectivity index (χ1v) is 7.37. The summed E-state index contributed by atoms with van der Waals surface area (Å²) in [6.07, 6.45) is 3.25. The highest BCUT2D eigenvalue weighted by Crippen LogP contribution is 2.18. The minimum Gasteiger partial charge on any atom is -0.389 e. The first-order chi connectivity index (χ1) is 10.3. The van der Waals surface area contributed by atoms with Gasteiger partial charge in [0.25, 0.3) is 0 Å². The second-order valence-corrected chi connectivity index (χ2v) is 5.38. The molecule has 1 fully saturated rings. The Hall–Kier alpha value is -1.69. The number of aromatic nitrogens is 2. The van der Waals surface area contributed by atoms with Crippen molar-refractivity contribution in [3.8, 4) is 5.69 Å². The van der Waals surface area contributed by atoms with E-state index >= 15 is 0 Å². The molecule has 0 radical (unpaired) electrons. The van der Waals surface area contributed by atoms with Crippen molar-refractivity contribution in [2.75, 3.05) is 19.7 Å². The van der Waals surface area contributed by atoms with E-state index in [1.165, 1.54) is 5.56 Å². The molecule has 1 N–H and O–H groups in total. The topological polar surface area (TPSA) is 50.5 Å². The summed E-state index contributed by atoms with van der Waals surface area (Å²) >= 11 is 0. The summed E-state index contributed by atoms with van der Waals surface area (Å²) in [4.78, 5) is 2.23. The summed E-state index contributed by atoms with van der Waals surface area (Å²) in [7, 11) is 0. The average molecular weight is 287 g/mol. The predicted molar refractivity (Wildman–Crippen MR) is 80.3 cm³/mol. The van der Waals surface area contributed by atoms with Gasteiger partial charge in [0.1, 0.15) is 0 Å².